The molecular formula is C6H8N2S. The fraction of sp³-hybridized carbons (Fsp3) is 0.500. The average Bonchev–Trinajstić information content (AvgIpc) is 2.33. The Labute approximate surface area is 58.6 Å². The minimum absolute atomic E-state index is 1.06. The predicted molar refractivity (Wildman–Crippen MR) is 40.6 cm³/mol. The molecule has 0 amide bonds. The van der Waals surface area contributed by atoms with Crippen molar-refractivity contribution in [2.24, 2.45) is 4.99 Å². The van der Waals surface area contributed by atoms with Crippen LogP contribution >= 0.6 is 11.8 Å². The van der Waals surface area contributed by atoms with Gasteiger partial charge in [-0.2, -0.15) is 0 Å². The summed E-state index contributed by atoms with van der Waals surface area (Å²) in [6.07, 6.45) is 3.99. The highest BCUT2D eigenvalue weighted by Crippen LogP contribution is 2.19. The smallest absolute Gasteiger partial charge is 0.164 e. The molecule has 0 spiro atoms. The molecule has 0 saturated carbocycles. The largest absolute Gasteiger partial charge is 0.347 e. The molecule has 2 rings (SSSR count). The Morgan fingerprint density at radius 1 is 1.67 bits per heavy atom. The van der Waals surface area contributed by atoms with Crippen LogP contribution in [-0.4, -0.2) is 28.9 Å². The first-order valence-electron chi connectivity index (χ1n) is 3.07. The Hall–Kier alpha value is -0.440. The highest BCUT2D eigenvalue weighted by Gasteiger charge is 2.18. The van der Waals surface area contributed by atoms with E-state index in [1.165, 1.54) is 17.5 Å². The lowest BCUT2D eigenvalue weighted by Crippen LogP contribution is -2.25. The highest BCUT2D eigenvalue weighted by atomic mass is 32.2. The summed E-state index contributed by atoms with van der Waals surface area (Å²) in [5.41, 5.74) is 0. The SMILES string of the molecule is C1=CN=C2SCCN2C1. The maximum absolute atomic E-state index is 4.22. The van der Waals surface area contributed by atoms with Gasteiger partial charge in [-0.25, -0.2) is 4.99 Å². The van der Waals surface area contributed by atoms with Crippen molar-refractivity contribution in [1.29, 1.82) is 0 Å². The van der Waals surface area contributed by atoms with Gasteiger partial charge >= 0.3 is 0 Å². The van der Waals surface area contributed by atoms with Crippen molar-refractivity contribution >= 4 is 16.9 Å². The molecule has 1 fully saturated rings. The van der Waals surface area contributed by atoms with Crippen LogP contribution in [-0.2, 0) is 0 Å². The van der Waals surface area contributed by atoms with Gasteiger partial charge in [-0.15, -0.1) is 0 Å². The van der Waals surface area contributed by atoms with Crippen LogP contribution in [0.2, 0.25) is 0 Å². The van der Waals surface area contributed by atoms with E-state index in [9.17, 15) is 0 Å². The van der Waals surface area contributed by atoms with E-state index in [4.69, 9.17) is 0 Å². The summed E-state index contributed by atoms with van der Waals surface area (Å²) in [5, 5.41) is 1.21. The molecule has 0 aromatic rings. The number of aliphatic imine (C=N–C) groups is 1. The molecule has 48 valence electrons. The zero-order valence-electron chi connectivity index (χ0n) is 5.08. The third-order valence-electron chi connectivity index (χ3n) is 1.48. The summed E-state index contributed by atoms with van der Waals surface area (Å²) in [4.78, 5) is 6.51. The van der Waals surface area contributed by atoms with Crippen LogP contribution in [0.25, 0.3) is 0 Å². The molecule has 2 aliphatic rings. The molecule has 2 heterocycles. The van der Waals surface area contributed by atoms with Crippen molar-refractivity contribution < 1.29 is 0 Å². The number of amidine groups is 1. The molecule has 2 nitrogen and oxygen atoms in total. The first-order chi connectivity index (χ1) is 4.47. The Balaban J connectivity index is 2.23. The van der Waals surface area contributed by atoms with E-state index in [1.54, 1.807) is 0 Å². The molecule has 9 heavy (non-hydrogen) atoms. The number of thioether (sulfide) groups is 1. The number of nitrogens with zero attached hydrogens (tertiary/aromatic N) is 2. The second-order valence-electron chi connectivity index (χ2n) is 2.09. The molecule has 3 heteroatoms. The number of hydrogen-bond donors (Lipinski definition) is 0. The molecule has 0 aromatic heterocycles. The maximum atomic E-state index is 4.22. The predicted octanol–water partition coefficient (Wildman–Crippen LogP) is 0.918. The molecule has 0 N–H and O–H groups in total. The topological polar surface area (TPSA) is 15.6 Å². The van der Waals surface area contributed by atoms with Crippen molar-refractivity contribution in [1.82, 2.24) is 4.90 Å². The molecule has 0 aliphatic carbocycles. The summed E-state index contributed by atoms with van der Waals surface area (Å²) in [6.45, 7) is 2.24. The van der Waals surface area contributed by atoms with E-state index in [0.717, 1.165) is 6.54 Å². The van der Waals surface area contributed by atoms with Crippen LogP contribution in [0.15, 0.2) is 17.3 Å². The maximum Gasteiger partial charge on any atom is 0.164 e. The quantitative estimate of drug-likeness (QED) is 0.497. The van der Waals surface area contributed by atoms with E-state index in [1.807, 2.05) is 18.0 Å². The summed E-state index contributed by atoms with van der Waals surface area (Å²) in [6, 6.07) is 0. The first-order valence-corrected chi connectivity index (χ1v) is 4.06. The van der Waals surface area contributed by atoms with Gasteiger partial charge in [0, 0.05) is 25.0 Å². The Kier molecular flexibility index (Phi) is 1.23. The van der Waals surface area contributed by atoms with E-state index in [2.05, 4.69) is 16.0 Å². The lowest BCUT2D eigenvalue weighted by Gasteiger charge is -2.16. The number of fused-ring (bicyclic) bond motifs is 1. The van der Waals surface area contributed by atoms with Crippen molar-refractivity contribution in [3.63, 3.8) is 0 Å². The van der Waals surface area contributed by atoms with Crippen LogP contribution in [0.3, 0.4) is 0 Å². The van der Waals surface area contributed by atoms with Gasteiger partial charge in [-0.3, -0.25) is 0 Å². The number of hydrogen-bond acceptors (Lipinski definition) is 3. The van der Waals surface area contributed by atoms with E-state index in [0.29, 0.717) is 0 Å². The second kappa shape index (κ2) is 2.06. The van der Waals surface area contributed by atoms with Gasteiger partial charge in [-0.05, 0) is 6.08 Å². The van der Waals surface area contributed by atoms with E-state index < -0.39 is 0 Å². The normalized spacial score (nSPS) is 24.0. The van der Waals surface area contributed by atoms with Crippen LogP contribution in [0.5, 0.6) is 0 Å². The zero-order valence-corrected chi connectivity index (χ0v) is 5.90. The van der Waals surface area contributed by atoms with E-state index >= 15 is 0 Å². The first kappa shape index (κ1) is 5.35. The van der Waals surface area contributed by atoms with E-state index in [-0.39, 0.29) is 0 Å². The van der Waals surface area contributed by atoms with Gasteiger partial charge in [0.15, 0.2) is 5.17 Å². The minimum Gasteiger partial charge on any atom is -0.347 e. The molecule has 0 radical (unpaired) electrons. The van der Waals surface area contributed by atoms with Gasteiger partial charge in [0.1, 0.15) is 0 Å². The fourth-order valence-corrected chi connectivity index (χ4v) is 1.99. The highest BCUT2D eigenvalue weighted by molar-refractivity contribution is 8.14. The fourth-order valence-electron chi connectivity index (χ4n) is 1.01. The lowest BCUT2D eigenvalue weighted by molar-refractivity contribution is 0.507. The molecule has 1 saturated heterocycles. The van der Waals surface area contributed by atoms with Gasteiger partial charge in [0.2, 0.25) is 0 Å². The minimum atomic E-state index is 1.06. The van der Waals surface area contributed by atoms with Crippen molar-refractivity contribution in [2.45, 2.75) is 0 Å². The van der Waals surface area contributed by atoms with Gasteiger partial charge in [-0.1, -0.05) is 11.8 Å². The molecule has 0 atom stereocenters. The van der Waals surface area contributed by atoms with Gasteiger partial charge in [0.05, 0.1) is 0 Å². The van der Waals surface area contributed by atoms with Crippen LogP contribution in [0.4, 0.5) is 0 Å². The lowest BCUT2D eigenvalue weighted by atomic mass is 10.5. The van der Waals surface area contributed by atoms with Crippen LogP contribution < -0.4 is 0 Å². The summed E-state index contributed by atoms with van der Waals surface area (Å²) in [5.74, 6) is 1.21. The average molecular weight is 140 g/mol. The summed E-state index contributed by atoms with van der Waals surface area (Å²) < 4.78 is 0. The second-order valence-corrected chi connectivity index (χ2v) is 3.15. The third kappa shape index (κ3) is 0.852. The van der Waals surface area contributed by atoms with Crippen molar-refractivity contribution in [2.75, 3.05) is 18.8 Å². The molecule has 0 aromatic carbocycles. The standard InChI is InChI=1S/C6H8N2S/c1-2-7-6-8(3-1)4-5-9-6/h1-2H,3-5H2. The van der Waals surface area contributed by atoms with Crippen molar-refractivity contribution in [3.05, 3.63) is 12.3 Å². The third-order valence-corrected chi connectivity index (χ3v) is 2.49. The summed E-state index contributed by atoms with van der Waals surface area (Å²) >= 11 is 1.85. The molecule has 0 bridgehead atoms. The molecule has 2 aliphatic heterocycles. The Morgan fingerprint density at radius 3 is 3.56 bits per heavy atom. The van der Waals surface area contributed by atoms with Crippen LogP contribution in [0, 0.1) is 0 Å². The molecule has 0 unspecified atom stereocenters. The zero-order chi connectivity index (χ0) is 6.10. The van der Waals surface area contributed by atoms with Crippen molar-refractivity contribution in [3.8, 4) is 0 Å². The Morgan fingerprint density at radius 2 is 2.67 bits per heavy atom. The monoisotopic (exact) mass is 140 g/mol. The Bertz CT molecular complexity index is 174. The number of rotatable bonds is 0. The van der Waals surface area contributed by atoms with Gasteiger partial charge < -0.3 is 4.90 Å². The van der Waals surface area contributed by atoms with Crippen LogP contribution in [0.1, 0.15) is 0 Å². The van der Waals surface area contributed by atoms with Gasteiger partial charge in [0.25, 0.3) is 0 Å². The molecular weight excluding hydrogens is 132 g/mol. The summed E-state index contributed by atoms with van der Waals surface area (Å²) in [7, 11) is 0.